The first-order chi connectivity index (χ1) is 9.44. The molecule has 8 heteroatoms. The van der Waals surface area contributed by atoms with Crippen LogP contribution in [-0.4, -0.2) is 46.5 Å². The highest BCUT2D eigenvalue weighted by Gasteiger charge is 2.29. The van der Waals surface area contributed by atoms with Gasteiger partial charge in [-0.1, -0.05) is 0 Å². The van der Waals surface area contributed by atoms with Gasteiger partial charge in [-0.2, -0.15) is 5.10 Å². The van der Waals surface area contributed by atoms with Crippen molar-refractivity contribution in [2.45, 2.75) is 19.4 Å². The molecule has 1 saturated heterocycles. The molecule has 2 aromatic rings. The summed E-state index contributed by atoms with van der Waals surface area (Å²) < 4.78 is 24.4. The molecule has 1 atom stereocenters. The van der Waals surface area contributed by atoms with E-state index in [1.807, 2.05) is 6.92 Å². The molecule has 20 heavy (non-hydrogen) atoms. The molecular formula is C12H14N4O3S. The molecule has 1 unspecified atom stereocenters. The molecule has 1 amide bonds. The predicted octanol–water partition coefficient (Wildman–Crippen LogP) is -0.0454. The monoisotopic (exact) mass is 294 g/mol. The Labute approximate surface area is 115 Å². The Morgan fingerprint density at radius 2 is 2.30 bits per heavy atom. The van der Waals surface area contributed by atoms with Crippen molar-refractivity contribution < 1.29 is 13.2 Å². The molecule has 106 valence electrons. The van der Waals surface area contributed by atoms with Crippen LogP contribution in [0.3, 0.4) is 0 Å². The second-order valence-electron chi connectivity index (χ2n) is 4.96. The van der Waals surface area contributed by atoms with E-state index in [2.05, 4.69) is 15.4 Å². The molecule has 2 aromatic heterocycles. The molecule has 0 aromatic carbocycles. The summed E-state index contributed by atoms with van der Waals surface area (Å²) in [5.74, 6) is -0.211. The van der Waals surface area contributed by atoms with E-state index < -0.39 is 9.84 Å². The number of nitrogens with zero attached hydrogens (tertiary/aromatic N) is 3. The van der Waals surface area contributed by atoms with E-state index in [-0.39, 0.29) is 29.1 Å². The molecule has 0 aliphatic carbocycles. The maximum Gasteiger partial charge on any atom is 0.270 e. The molecule has 3 heterocycles. The molecule has 0 bridgehead atoms. The zero-order chi connectivity index (χ0) is 14.3. The van der Waals surface area contributed by atoms with Gasteiger partial charge in [0.25, 0.3) is 5.91 Å². The lowest BCUT2D eigenvalue weighted by Gasteiger charge is -2.11. The minimum absolute atomic E-state index is 0.00660. The number of hydrogen-bond acceptors (Lipinski definition) is 5. The molecule has 0 saturated carbocycles. The number of aryl methyl sites for hydroxylation is 1. The van der Waals surface area contributed by atoms with Crippen molar-refractivity contribution in [2.75, 3.05) is 11.5 Å². The molecule has 3 rings (SSSR count). The minimum Gasteiger partial charge on any atom is -0.347 e. The zero-order valence-electron chi connectivity index (χ0n) is 10.9. The third-order valence-corrected chi connectivity index (χ3v) is 5.11. The fourth-order valence-electron chi connectivity index (χ4n) is 2.35. The van der Waals surface area contributed by atoms with Crippen molar-refractivity contribution >= 4 is 21.4 Å². The average molecular weight is 294 g/mol. The van der Waals surface area contributed by atoms with Crippen LogP contribution in [0.1, 0.15) is 22.6 Å². The summed E-state index contributed by atoms with van der Waals surface area (Å²) in [6.45, 7) is 1.83. The topological polar surface area (TPSA) is 93.4 Å². The number of rotatable bonds is 2. The van der Waals surface area contributed by atoms with Gasteiger partial charge in [-0.25, -0.2) is 17.9 Å². The van der Waals surface area contributed by atoms with Gasteiger partial charge >= 0.3 is 0 Å². The van der Waals surface area contributed by atoms with Gasteiger partial charge in [0.15, 0.2) is 15.5 Å². The van der Waals surface area contributed by atoms with E-state index >= 15 is 0 Å². The average Bonchev–Trinajstić information content (AvgIpc) is 2.95. The number of carbonyl (C=O) groups excluding carboxylic acids is 1. The van der Waals surface area contributed by atoms with Crippen molar-refractivity contribution in [3.63, 3.8) is 0 Å². The maximum absolute atomic E-state index is 12.1. The summed E-state index contributed by atoms with van der Waals surface area (Å²) in [7, 11) is -3.01. The Morgan fingerprint density at radius 3 is 3.00 bits per heavy atom. The number of sulfone groups is 1. The van der Waals surface area contributed by atoms with Crippen molar-refractivity contribution in [3.05, 3.63) is 29.7 Å². The Hall–Kier alpha value is -1.96. The molecule has 1 aliphatic heterocycles. The zero-order valence-corrected chi connectivity index (χ0v) is 11.7. The number of nitrogens with one attached hydrogen (secondary N) is 1. The highest BCUT2D eigenvalue weighted by atomic mass is 32.2. The molecule has 0 radical (unpaired) electrons. The van der Waals surface area contributed by atoms with Gasteiger partial charge in [0, 0.05) is 17.8 Å². The van der Waals surface area contributed by atoms with Crippen LogP contribution in [0.15, 0.2) is 18.3 Å². The fraction of sp³-hybridized carbons (Fsp3) is 0.417. The van der Waals surface area contributed by atoms with Gasteiger partial charge < -0.3 is 5.32 Å². The third-order valence-electron chi connectivity index (χ3n) is 3.34. The highest BCUT2D eigenvalue weighted by molar-refractivity contribution is 7.91. The summed E-state index contributed by atoms with van der Waals surface area (Å²) in [5.41, 5.74) is 1.66. The van der Waals surface area contributed by atoms with Crippen LogP contribution in [0, 0.1) is 6.92 Å². The first kappa shape index (κ1) is 13.0. The Bertz CT molecular complexity index is 781. The molecular weight excluding hydrogens is 280 g/mol. The second kappa shape index (κ2) is 4.55. The van der Waals surface area contributed by atoms with E-state index in [1.54, 1.807) is 22.8 Å². The minimum atomic E-state index is -3.01. The second-order valence-corrected chi connectivity index (χ2v) is 7.19. The van der Waals surface area contributed by atoms with Gasteiger partial charge in [-0.05, 0) is 19.4 Å². The molecule has 1 fully saturated rings. The maximum atomic E-state index is 12.1. The van der Waals surface area contributed by atoms with Crippen molar-refractivity contribution in [1.29, 1.82) is 0 Å². The Kier molecular flexibility index (Phi) is 2.97. The molecule has 0 spiro atoms. The third kappa shape index (κ3) is 2.38. The number of carbonyl (C=O) groups is 1. The quantitative estimate of drug-likeness (QED) is 0.838. The summed E-state index contributed by atoms with van der Waals surface area (Å²) >= 11 is 0. The first-order valence-electron chi connectivity index (χ1n) is 6.27. The van der Waals surface area contributed by atoms with Gasteiger partial charge in [0.05, 0.1) is 17.7 Å². The van der Waals surface area contributed by atoms with Crippen LogP contribution >= 0.6 is 0 Å². The smallest absolute Gasteiger partial charge is 0.270 e. The molecule has 1 aliphatic rings. The predicted molar refractivity (Wildman–Crippen MR) is 72.2 cm³/mol. The normalized spacial score (nSPS) is 21.1. The largest absolute Gasteiger partial charge is 0.347 e. The highest BCUT2D eigenvalue weighted by Crippen LogP contribution is 2.12. The Morgan fingerprint density at radius 1 is 1.50 bits per heavy atom. The SMILES string of the molecule is Cc1cc(C(=O)NC2CCS(=O)(=O)C2)nc2ccnn12. The lowest BCUT2D eigenvalue weighted by Crippen LogP contribution is -2.36. The van der Waals surface area contributed by atoms with Crippen LogP contribution in [0.2, 0.25) is 0 Å². The van der Waals surface area contributed by atoms with Crippen LogP contribution in [-0.2, 0) is 9.84 Å². The van der Waals surface area contributed by atoms with Crippen LogP contribution in [0.4, 0.5) is 0 Å². The van der Waals surface area contributed by atoms with Crippen LogP contribution in [0.5, 0.6) is 0 Å². The number of fused-ring (bicyclic) bond motifs is 1. The van der Waals surface area contributed by atoms with Gasteiger partial charge in [0.2, 0.25) is 0 Å². The van der Waals surface area contributed by atoms with Crippen molar-refractivity contribution in [3.8, 4) is 0 Å². The van der Waals surface area contributed by atoms with E-state index in [0.717, 1.165) is 5.69 Å². The van der Waals surface area contributed by atoms with Gasteiger partial charge in [-0.3, -0.25) is 4.79 Å². The van der Waals surface area contributed by atoms with Gasteiger partial charge in [-0.15, -0.1) is 0 Å². The summed E-state index contributed by atoms with van der Waals surface area (Å²) in [5, 5.41) is 6.81. The van der Waals surface area contributed by atoms with Gasteiger partial charge in [0.1, 0.15) is 5.69 Å². The van der Waals surface area contributed by atoms with E-state index in [9.17, 15) is 13.2 Å². The molecule has 1 N–H and O–H groups in total. The first-order valence-corrected chi connectivity index (χ1v) is 8.09. The Balaban J connectivity index is 1.82. The van der Waals surface area contributed by atoms with Crippen LogP contribution < -0.4 is 5.32 Å². The summed E-state index contributed by atoms with van der Waals surface area (Å²) in [4.78, 5) is 16.3. The van der Waals surface area contributed by atoms with Crippen LogP contribution in [0.25, 0.3) is 5.65 Å². The van der Waals surface area contributed by atoms with Crippen molar-refractivity contribution in [1.82, 2.24) is 19.9 Å². The van der Waals surface area contributed by atoms with E-state index in [1.165, 1.54) is 0 Å². The van der Waals surface area contributed by atoms with E-state index in [0.29, 0.717) is 12.1 Å². The number of aromatic nitrogens is 3. The van der Waals surface area contributed by atoms with E-state index in [4.69, 9.17) is 0 Å². The fourth-order valence-corrected chi connectivity index (χ4v) is 4.03. The summed E-state index contributed by atoms with van der Waals surface area (Å²) in [6.07, 6.45) is 2.07. The summed E-state index contributed by atoms with van der Waals surface area (Å²) in [6, 6.07) is 3.03. The molecule has 7 nitrogen and oxygen atoms in total. The number of amides is 1. The lowest BCUT2D eigenvalue weighted by molar-refractivity contribution is 0.0936. The standard InChI is InChI=1S/C12H14N4O3S/c1-8-6-10(15-11-2-4-13-16(8)11)12(17)14-9-3-5-20(18,19)7-9/h2,4,6,9H,3,5,7H2,1H3,(H,14,17). The van der Waals surface area contributed by atoms with Crippen molar-refractivity contribution in [2.24, 2.45) is 0 Å². The lowest BCUT2D eigenvalue weighted by atomic mass is 10.2. The number of hydrogen-bond donors (Lipinski definition) is 1.